The molecule has 0 radical (unpaired) electrons. The minimum Gasteiger partial charge on any atom is -0.350 e. The molecule has 1 aromatic rings. The molecule has 23 heavy (non-hydrogen) atoms. The molecule has 2 aliphatic rings. The molecular formula is C17H25N3O2S. The summed E-state index contributed by atoms with van der Waals surface area (Å²) in [4.78, 5) is 27.2. The number of nitrogens with zero attached hydrogens (tertiary/aromatic N) is 1. The van der Waals surface area contributed by atoms with E-state index in [1.807, 2.05) is 13.0 Å². The second-order valence-corrected chi connectivity index (χ2v) is 8.02. The zero-order chi connectivity index (χ0) is 16.6. The van der Waals surface area contributed by atoms with E-state index in [-0.39, 0.29) is 17.7 Å². The van der Waals surface area contributed by atoms with Gasteiger partial charge in [-0.1, -0.05) is 0 Å². The van der Waals surface area contributed by atoms with Crippen molar-refractivity contribution >= 4 is 28.2 Å². The standard InChI is InChI=1S/C17H25N3O2S/c1-10-8-14(19-16(21)12-6-7-12)23-15(10)17(22)18-9-13(20(2)3)11-4-5-11/h8,11-13H,4-7,9H2,1-3H3,(H,18,22)(H,19,21)/t13-/m0/s1. The molecule has 5 nitrogen and oxygen atoms in total. The lowest BCUT2D eigenvalue weighted by molar-refractivity contribution is -0.117. The summed E-state index contributed by atoms with van der Waals surface area (Å²) in [6.07, 6.45) is 4.48. The Hall–Kier alpha value is -1.40. The van der Waals surface area contributed by atoms with Gasteiger partial charge in [-0.2, -0.15) is 0 Å². The monoisotopic (exact) mass is 335 g/mol. The summed E-state index contributed by atoms with van der Waals surface area (Å²) >= 11 is 1.37. The van der Waals surface area contributed by atoms with Crippen molar-refractivity contribution in [2.45, 2.75) is 38.6 Å². The van der Waals surface area contributed by atoms with E-state index >= 15 is 0 Å². The molecule has 0 bridgehead atoms. The average Bonchev–Trinajstić information content (AvgIpc) is 3.36. The van der Waals surface area contributed by atoms with Gasteiger partial charge in [-0.25, -0.2) is 0 Å². The number of nitrogens with one attached hydrogen (secondary N) is 2. The Morgan fingerprint density at radius 2 is 2.00 bits per heavy atom. The van der Waals surface area contributed by atoms with E-state index in [4.69, 9.17) is 0 Å². The number of anilines is 1. The first kappa shape index (κ1) is 16.5. The van der Waals surface area contributed by atoms with Crippen LogP contribution in [0.3, 0.4) is 0 Å². The Kier molecular flexibility index (Phi) is 4.73. The minimum atomic E-state index is -0.0353. The lowest BCUT2D eigenvalue weighted by Gasteiger charge is -2.24. The number of carbonyl (C=O) groups excluding carboxylic acids is 2. The highest BCUT2D eigenvalue weighted by atomic mass is 32.1. The van der Waals surface area contributed by atoms with Crippen LogP contribution < -0.4 is 10.6 Å². The van der Waals surface area contributed by atoms with Crippen molar-refractivity contribution in [1.29, 1.82) is 0 Å². The maximum Gasteiger partial charge on any atom is 0.261 e. The van der Waals surface area contributed by atoms with Gasteiger partial charge in [0, 0.05) is 18.5 Å². The third kappa shape index (κ3) is 4.12. The molecule has 3 rings (SSSR count). The van der Waals surface area contributed by atoms with Crippen molar-refractivity contribution in [2.24, 2.45) is 11.8 Å². The second kappa shape index (κ2) is 6.61. The molecule has 2 aliphatic carbocycles. The Morgan fingerprint density at radius 3 is 2.57 bits per heavy atom. The van der Waals surface area contributed by atoms with Crippen LogP contribution in [0.1, 0.15) is 40.9 Å². The van der Waals surface area contributed by atoms with E-state index in [1.54, 1.807) is 0 Å². The van der Waals surface area contributed by atoms with Crippen LogP contribution in [0.15, 0.2) is 6.07 Å². The number of rotatable bonds is 7. The molecule has 1 heterocycles. The summed E-state index contributed by atoms with van der Waals surface area (Å²) < 4.78 is 0. The molecule has 1 atom stereocenters. The number of hydrogen-bond donors (Lipinski definition) is 2. The van der Waals surface area contributed by atoms with Crippen LogP contribution >= 0.6 is 11.3 Å². The smallest absolute Gasteiger partial charge is 0.261 e. The fraction of sp³-hybridized carbons (Fsp3) is 0.647. The molecule has 0 unspecified atom stereocenters. The van der Waals surface area contributed by atoms with E-state index < -0.39 is 0 Å². The maximum absolute atomic E-state index is 12.4. The van der Waals surface area contributed by atoms with E-state index in [9.17, 15) is 9.59 Å². The van der Waals surface area contributed by atoms with Crippen LogP contribution in [0.4, 0.5) is 5.00 Å². The molecule has 2 amide bonds. The summed E-state index contributed by atoms with van der Waals surface area (Å²) in [5.41, 5.74) is 0.923. The highest BCUT2D eigenvalue weighted by Gasteiger charge is 2.33. The number of carbonyl (C=O) groups is 2. The van der Waals surface area contributed by atoms with Crippen molar-refractivity contribution < 1.29 is 9.59 Å². The fourth-order valence-electron chi connectivity index (χ4n) is 2.87. The Balaban J connectivity index is 1.58. The zero-order valence-electron chi connectivity index (χ0n) is 14.0. The van der Waals surface area contributed by atoms with E-state index in [0.717, 1.165) is 23.4 Å². The molecule has 126 valence electrons. The van der Waals surface area contributed by atoms with Gasteiger partial charge in [0.25, 0.3) is 5.91 Å². The minimum absolute atomic E-state index is 0.0353. The van der Waals surface area contributed by atoms with Crippen LogP contribution in [-0.4, -0.2) is 43.4 Å². The lowest BCUT2D eigenvalue weighted by Crippen LogP contribution is -2.41. The SMILES string of the molecule is Cc1cc(NC(=O)C2CC2)sc1C(=O)NC[C@@H](C1CC1)N(C)C. The maximum atomic E-state index is 12.4. The van der Waals surface area contributed by atoms with Gasteiger partial charge in [-0.3, -0.25) is 9.59 Å². The molecule has 0 aliphatic heterocycles. The Morgan fingerprint density at radius 1 is 1.30 bits per heavy atom. The summed E-state index contributed by atoms with van der Waals surface area (Å²) in [7, 11) is 4.13. The number of amides is 2. The molecule has 2 N–H and O–H groups in total. The van der Waals surface area contributed by atoms with E-state index in [1.165, 1.54) is 24.2 Å². The topological polar surface area (TPSA) is 61.4 Å². The molecule has 0 saturated heterocycles. The van der Waals surface area contributed by atoms with Gasteiger partial charge in [-0.05, 0) is 64.3 Å². The first-order chi connectivity index (χ1) is 11.0. The lowest BCUT2D eigenvalue weighted by atomic mass is 10.1. The predicted molar refractivity (Wildman–Crippen MR) is 92.9 cm³/mol. The number of aryl methyl sites for hydroxylation is 1. The normalized spacial score (nSPS) is 18.8. The van der Waals surface area contributed by atoms with Gasteiger partial charge in [0.2, 0.25) is 5.91 Å². The van der Waals surface area contributed by atoms with Crippen molar-refractivity contribution in [3.8, 4) is 0 Å². The summed E-state index contributed by atoms with van der Waals surface area (Å²) in [5, 5.41) is 6.76. The Bertz CT molecular complexity index is 601. The molecule has 0 spiro atoms. The zero-order valence-corrected chi connectivity index (χ0v) is 14.8. The van der Waals surface area contributed by atoms with Gasteiger partial charge in [-0.15, -0.1) is 11.3 Å². The highest BCUT2D eigenvalue weighted by Crippen LogP contribution is 2.35. The van der Waals surface area contributed by atoms with Crippen LogP contribution in [-0.2, 0) is 4.79 Å². The van der Waals surface area contributed by atoms with Crippen LogP contribution in [0.2, 0.25) is 0 Å². The van der Waals surface area contributed by atoms with Crippen molar-refractivity contribution in [1.82, 2.24) is 10.2 Å². The summed E-state index contributed by atoms with van der Waals surface area (Å²) in [6, 6.07) is 2.30. The largest absolute Gasteiger partial charge is 0.350 e. The third-order valence-corrected chi connectivity index (χ3v) is 5.77. The fourth-order valence-corrected chi connectivity index (χ4v) is 3.86. The molecular weight excluding hydrogens is 310 g/mol. The molecule has 2 saturated carbocycles. The second-order valence-electron chi connectivity index (χ2n) is 6.96. The van der Waals surface area contributed by atoms with Gasteiger partial charge < -0.3 is 15.5 Å². The quantitative estimate of drug-likeness (QED) is 0.805. The van der Waals surface area contributed by atoms with Crippen molar-refractivity contribution in [3.05, 3.63) is 16.5 Å². The van der Waals surface area contributed by atoms with Gasteiger partial charge in [0.1, 0.15) is 0 Å². The number of likely N-dealkylation sites (N-methyl/N-ethyl adjacent to an activating group) is 1. The highest BCUT2D eigenvalue weighted by molar-refractivity contribution is 7.18. The van der Waals surface area contributed by atoms with Gasteiger partial charge >= 0.3 is 0 Å². The first-order valence-electron chi connectivity index (χ1n) is 8.31. The molecule has 1 aromatic heterocycles. The first-order valence-corrected chi connectivity index (χ1v) is 9.13. The van der Waals surface area contributed by atoms with Crippen LogP contribution in [0, 0.1) is 18.8 Å². The average molecular weight is 335 g/mol. The molecule has 6 heteroatoms. The van der Waals surface area contributed by atoms with Gasteiger partial charge in [0.05, 0.1) is 9.88 Å². The third-order valence-electron chi connectivity index (χ3n) is 4.62. The molecule has 2 fully saturated rings. The Labute approximate surface area is 141 Å². The molecule has 0 aromatic carbocycles. The summed E-state index contributed by atoms with van der Waals surface area (Å²) in [5.74, 6) is 0.934. The van der Waals surface area contributed by atoms with Crippen LogP contribution in [0.5, 0.6) is 0 Å². The number of thiophene rings is 1. The predicted octanol–water partition coefficient (Wildman–Crippen LogP) is 2.48. The van der Waals surface area contributed by atoms with Crippen molar-refractivity contribution in [3.63, 3.8) is 0 Å². The van der Waals surface area contributed by atoms with Crippen LogP contribution in [0.25, 0.3) is 0 Å². The van der Waals surface area contributed by atoms with Crippen molar-refractivity contribution in [2.75, 3.05) is 26.0 Å². The van der Waals surface area contributed by atoms with Gasteiger partial charge in [0.15, 0.2) is 0 Å². The van der Waals surface area contributed by atoms with E-state index in [2.05, 4.69) is 29.6 Å². The number of hydrogen-bond acceptors (Lipinski definition) is 4. The summed E-state index contributed by atoms with van der Waals surface area (Å²) in [6.45, 7) is 2.60. The van der Waals surface area contributed by atoms with E-state index in [0.29, 0.717) is 23.4 Å².